The molecule has 4 rings (SSSR count). The van der Waals surface area contributed by atoms with Gasteiger partial charge in [0.15, 0.2) is 5.65 Å². The molecule has 170 valence electrons. The van der Waals surface area contributed by atoms with E-state index < -0.39 is 0 Å². The lowest BCUT2D eigenvalue weighted by atomic mass is 10.0. The SMILES string of the molecule is CCc1nc2c(cnn2CC)c(NC2CCOCC2)c1C(=O)NCc1ccc(C)c(C)c1. The molecule has 0 aliphatic carbocycles. The Kier molecular flexibility index (Phi) is 6.74. The third-order valence-electron chi connectivity index (χ3n) is 6.32. The second-order valence-corrected chi connectivity index (χ2v) is 8.49. The van der Waals surface area contributed by atoms with Crippen molar-refractivity contribution in [3.8, 4) is 0 Å². The molecule has 1 aliphatic rings. The fourth-order valence-electron chi connectivity index (χ4n) is 4.25. The van der Waals surface area contributed by atoms with Crippen molar-refractivity contribution in [1.82, 2.24) is 20.1 Å². The summed E-state index contributed by atoms with van der Waals surface area (Å²) < 4.78 is 7.42. The third kappa shape index (κ3) is 4.48. The molecule has 0 atom stereocenters. The molecule has 0 unspecified atom stereocenters. The number of nitrogens with zero attached hydrogens (tertiary/aromatic N) is 3. The van der Waals surface area contributed by atoms with E-state index in [1.54, 1.807) is 0 Å². The first-order valence-corrected chi connectivity index (χ1v) is 11.6. The van der Waals surface area contributed by atoms with Gasteiger partial charge < -0.3 is 15.4 Å². The minimum atomic E-state index is -0.103. The molecule has 7 heteroatoms. The number of benzene rings is 1. The van der Waals surface area contributed by atoms with Gasteiger partial charge >= 0.3 is 0 Å². The van der Waals surface area contributed by atoms with Gasteiger partial charge in [0, 0.05) is 32.3 Å². The molecule has 3 heterocycles. The zero-order valence-electron chi connectivity index (χ0n) is 19.5. The molecule has 1 aliphatic heterocycles. The highest BCUT2D eigenvalue weighted by molar-refractivity contribution is 6.07. The summed E-state index contributed by atoms with van der Waals surface area (Å²) in [6.45, 7) is 10.9. The largest absolute Gasteiger partial charge is 0.381 e. The van der Waals surface area contributed by atoms with E-state index in [0.29, 0.717) is 18.5 Å². The fraction of sp³-hybridized carbons (Fsp3) is 0.480. The zero-order valence-corrected chi connectivity index (χ0v) is 19.5. The molecule has 1 amide bonds. The maximum absolute atomic E-state index is 13.5. The number of nitrogens with one attached hydrogen (secondary N) is 2. The van der Waals surface area contributed by atoms with Gasteiger partial charge in [0.25, 0.3) is 5.91 Å². The maximum Gasteiger partial charge on any atom is 0.255 e. The van der Waals surface area contributed by atoms with Crippen LogP contribution in [0.3, 0.4) is 0 Å². The summed E-state index contributed by atoms with van der Waals surface area (Å²) >= 11 is 0. The molecule has 32 heavy (non-hydrogen) atoms. The van der Waals surface area contributed by atoms with Crippen LogP contribution in [0.25, 0.3) is 11.0 Å². The minimum absolute atomic E-state index is 0.103. The minimum Gasteiger partial charge on any atom is -0.381 e. The van der Waals surface area contributed by atoms with Crippen LogP contribution in [0.4, 0.5) is 5.69 Å². The summed E-state index contributed by atoms with van der Waals surface area (Å²) in [5.74, 6) is -0.103. The van der Waals surface area contributed by atoms with Gasteiger partial charge in [0.1, 0.15) is 0 Å². The quantitative estimate of drug-likeness (QED) is 0.583. The number of rotatable bonds is 7. The molecule has 1 aromatic carbocycles. The highest BCUT2D eigenvalue weighted by atomic mass is 16.5. The highest BCUT2D eigenvalue weighted by Gasteiger charge is 2.25. The number of hydrogen-bond acceptors (Lipinski definition) is 5. The van der Waals surface area contributed by atoms with Gasteiger partial charge in [0.2, 0.25) is 0 Å². The molecule has 0 bridgehead atoms. The van der Waals surface area contributed by atoms with Crippen molar-refractivity contribution in [3.05, 3.63) is 52.3 Å². The molecular weight excluding hydrogens is 402 g/mol. The second-order valence-electron chi connectivity index (χ2n) is 8.49. The number of pyridine rings is 1. The normalized spacial score (nSPS) is 14.6. The van der Waals surface area contributed by atoms with Crippen LogP contribution in [0.5, 0.6) is 0 Å². The van der Waals surface area contributed by atoms with E-state index in [1.165, 1.54) is 11.1 Å². The standard InChI is InChI=1S/C25H33N5O2/c1-5-21-22(25(31)26-14-18-8-7-16(3)17(4)13-18)23(28-19-9-11-32-12-10-19)20-15-27-30(6-2)24(20)29-21/h7-8,13,15,19H,5-6,9-12,14H2,1-4H3,(H,26,31)(H,28,29). The Balaban J connectivity index is 1.70. The summed E-state index contributed by atoms with van der Waals surface area (Å²) in [6.07, 6.45) is 4.32. The molecule has 3 aromatic rings. The summed E-state index contributed by atoms with van der Waals surface area (Å²) in [5.41, 5.74) is 6.65. The van der Waals surface area contributed by atoms with E-state index in [9.17, 15) is 4.79 Å². The Morgan fingerprint density at radius 1 is 1.19 bits per heavy atom. The number of aromatic nitrogens is 3. The Bertz CT molecular complexity index is 1120. The van der Waals surface area contributed by atoms with Gasteiger partial charge in [0.05, 0.1) is 28.5 Å². The third-order valence-corrected chi connectivity index (χ3v) is 6.32. The predicted octanol–water partition coefficient (Wildman–Crippen LogP) is 4.15. The van der Waals surface area contributed by atoms with Gasteiger partial charge in [-0.25, -0.2) is 9.67 Å². The van der Waals surface area contributed by atoms with Crippen molar-refractivity contribution < 1.29 is 9.53 Å². The van der Waals surface area contributed by atoms with Crippen LogP contribution in [-0.2, 0) is 24.2 Å². The smallest absolute Gasteiger partial charge is 0.255 e. The monoisotopic (exact) mass is 435 g/mol. The fourth-order valence-corrected chi connectivity index (χ4v) is 4.25. The highest BCUT2D eigenvalue weighted by Crippen LogP contribution is 2.31. The van der Waals surface area contributed by atoms with E-state index in [-0.39, 0.29) is 11.9 Å². The van der Waals surface area contributed by atoms with Crippen molar-refractivity contribution >= 4 is 22.6 Å². The van der Waals surface area contributed by atoms with Gasteiger partial charge in [-0.3, -0.25) is 4.79 Å². The first-order valence-electron chi connectivity index (χ1n) is 11.6. The van der Waals surface area contributed by atoms with Gasteiger partial charge in [-0.1, -0.05) is 25.1 Å². The average Bonchev–Trinajstić information content (AvgIpc) is 3.23. The molecule has 0 spiro atoms. The predicted molar refractivity (Wildman–Crippen MR) is 127 cm³/mol. The van der Waals surface area contributed by atoms with Gasteiger partial charge in [-0.15, -0.1) is 0 Å². The first kappa shape index (κ1) is 22.3. The van der Waals surface area contributed by atoms with E-state index in [1.807, 2.05) is 17.8 Å². The number of anilines is 1. The number of carbonyl (C=O) groups is 1. The molecule has 2 N–H and O–H groups in total. The number of hydrogen-bond donors (Lipinski definition) is 2. The average molecular weight is 436 g/mol. The molecule has 0 saturated carbocycles. The maximum atomic E-state index is 13.5. The van der Waals surface area contributed by atoms with Crippen LogP contribution in [0.15, 0.2) is 24.4 Å². The van der Waals surface area contributed by atoms with Crippen LogP contribution in [0.2, 0.25) is 0 Å². The molecule has 7 nitrogen and oxygen atoms in total. The molecule has 1 fully saturated rings. The first-order chi connectivity index (χ1) is 15.5. The van der Waals surface area contributed by atoms with E-state index in [4.69, 9.17) is 9.72 Å². The molecule has 1 saturated heterocycles. The number of carbonyl (C=O) groups excluding carboxylic acids is 1. The lowest BCUT2D eigenvalue weighted by molar-refractivity contribution is 0.0903. The molecular formula is C25H33N5O2. The van der Waals surface area contributed by atoms with Gasteiger partial charge in [-0.05, 0) is 56.7 Å². The van der Waals surface area contributed by atoms with Crippen molar-refractivity contribution in [3.63, 3.8) is 0 Å². The topological polar surface area (TPSA) is 81.1 Å². The van der Waals surface area contributed by atoms with Gasteiger partial charge in [-0.2, -0.15) is 5.10 Å². The molecule has 2 aromatic heterocycles. The van der Waals surface area contributed by atoms with Crippen LogP contribution < -0.4 is 10.6 Å². The molecule has 0 radical (unpaired) electrons. The number of ether oxygens (including phenoxy) is 1. The van der Waals surface area contributed by atoms with E-state index >= 15 is 0 Å². The lowest BCUT2D eigenvalue weighted by Crippen LogP contribution is -2.31. The Labute approximate surface area is 189 Å². The van der Waals surface area contributed by atoms with Crippen LogP contribution >= 0.6 is 0 Å². The number of fused-ring (bicyclic) bond motifs is 1. The number of amides is 1. The summed E-state index contributed by atoms with van der Waals surface area (Å²) in [7, 11) is 0. The van der Waals surface area contributed by atoms with E-state index in [2.05, 4.69) is 54.7 Å². The number of aryl methyl sites for hydroxylation is 4. The summed E-state index contributed by atoms with van der Waals surface area (Å²) in [6, 6.07) is 6.55. The van der Waals surface area contributed by atoms with Crippen LogP contribution in [0.1, 0.15) is 59.4 Å². The van der Waals surface area contributed by atoms with Crippen LogP contribution in [0, 0.1) is 13.8 Å². The summed E-state index contributed by atoms with van der Waals surface area (Å²) in [5, 5.41) is 12.2. The van der Waals surface area contributed by atoms with E-state index in [0.717, 1.165) is 60.6 Å². The Hall–Kier alpha value is -2.93. The Morgan fingerprint density at radius 3 is 2.66 bits per heavy atom. The lowest BCUT2D eigenvalue weighted by Gasteiger charge is -2.26. The summed E-state index contributed by atoms with van der Waals surface area (Å²) in [4.78, 5) is 18.3. The van der Waals surface area contributed by atoms with Crippen molar-refractivity contribution in [1.29, 1.82) is 0 Å². The Morgan fingerprint density at radius 2 is 1.97 bits per heavy atom. The van der Waals surface area contributed by atoms with Crippen molar-refractivity contribution in [2.75, 3.05) is 18.5 Å². The second kappa shape index (κ2) is 9.69. The van der Waals surface area contributed by atoms with Crippen molar-refractivity contribution in [2.24, 2.45) is 0 Å². The van der Waals surface area contributed by atoms with Crippen LogP contribution in [-0.4, -0.2) is 39.9 Å². The zero-order chi connectivity index (χ0) is 22.7. The van der Waals surface area contributed by atoms with Crippen molar-refractivity contribution in [2.45, 2.75) is 66.1 Å².